The lowest BCUT2D eigenvalue weighted by molar-refractivity contribution is 0.398. The van der Waals surface area contributed by atoms with Crippen molar-refractivity contribution in [1.82, 2.24) is 10.6 Å². The van der Waals surface area contributed by atoms with Gasteiger partial charge in [-0.1, -0.05) is 0 Å². The van der Waals surface area contributed by atoms with Crippen molar-refractivity contribution in [2.24, 2.45) is 4.99 Å². The summed E-state index contributed by atoms with van der Waals surface area (Å²) in [6.07, 6.45) is 3.08. The van der Waals surface area contributed by atoms with Crippen LogP contribution in [0.3, 0.4) is 0 Å². The summed E-state index contributed by atoms with van der Waals surface area (Å²) in [5, 5.41) is 6.58. The molecule has 0 spiro atoms. The molecule has 1 aliphatic rings. The lowest BCUT2D eigenvalue weighted by Crippen LogP contribution is -2.41. The zero-order valence-electron chi connectivity index (χ0n) is 12.2. The summed E-state index contributed by atoms with van der Waals surface area (Å²) >= 11 is 0. The molecule has 1 aliphatic heterocycles. The molecular weight excluding hydrogens is 254 g/mol. The first-order valence-electron chi connectivity index (χ1n) is 7.06. The first-order valence-corrected chi connectivity index (χ1v) is 7.06. The predicted molar refractivity (Wildman–Crippen MR) is 80.8 cm³/mol. The Hall–Kier alpha value is -1.91. The highest BCUT2D eigenvalue weighted by Gasteiger charge is 2.06. The smallest absolute Gasteiger partial charge is 0.191 e. The van der Waals surface area contributed by atoms with Gasteiger partial charge < -0.3 is 20.1 Å². The van der Waals surface area contributed by atoms with E-state index >= 15 is 0 Å². The van der Waals surface area contributed by atoms with Crippen LogP contribution in [0.25, 0.3) is 0 Å². The molecule has 2 N–H and O–H groups in total. The first kappa shape index (κ1) is 14.5. The third-order valence-corrected chi connectivity index (χ3v) is 3.30. The van der Waals surface area contributed by atoms with Gasteiger partial charge in [-0.25, -0.2) is 0 Å². The zero-order valence-corrected chi connectivity index (χ0v) is 12.2. The quantitative estimate of drug-likeness (QED) is 0.775. The van der Waals surface area contributed by atoms with Crippen LogP contribution in [0.4, 0.5) is 0 Å². The minimum absolute atomic E-state index is 0.868. The molecule has 0 unspecified atom stereocenters. The van der Waals surface area contributed by atoms with Crippen LogP contribution in [0.1, 0.15) is 18.4 Å². The Morgan fingerprint density at radius 1 is 1.30 bits per heavy atom. The van der Waals surface area contributed by atoms with Crippen LogP contribution in [-0.4, -0.2) is 39.8 Å². The number of methoxy groups -OCH3 is 2. The Bertz CT molecular complexity index is 460. The maximum absolute atomic E-state index is 5.38. The molecule has 20 heavy (non-hydrogen) atoms. The van der Waals surface area contributed by atoms with Crippen LogP contribution < -0.4 is 20.1 Å². The molecule has 0 aromatic heterocycles. The maximum Gasteiger partial charge on any atom is 0.191 e. The van der Waals surface area contributed by atoms with Gasteiger partial charge in [0.2, 0.25) is 0 Å². The van der Waals surface area contributed by atoms with E-state index in [2.05, 4.69) is 15.6 Å². The van der Waals surface area contributed by atoms with Gasteiger partial charge in [-0.2, -0.15) is 0 Å². The first-order chi connectivity index (χ1) is 9.83. The van der Waals surface area contributed by atoms with Gasteiger partial charge in [-0.3, -0.25) is 4.99 Å². The summed E-state index contributed by atoms with van der Waals surface area (Å²) < 4.78 is 10.6. The van der Waals surface area contributed by atoms with Gasteiger partial charge in [0.15, 0.2) is 5.96 Å². The average Bonchev–Trinajstić information content (AvgIpc) is 2.52. The molecule has 0 bridgehead atoms. The van der Waals surface area contributed by atoms with Crippen LogP contribution in [0.15, 0.2) is 23.2 Å². The predicted octanol–water partition coefficient (Wildman–Crippen LogP) is 1.58. The van der Waals surface area contributed by atoms with Crippen molar-refractivity contribution in [3.8, 4) is 11.5 Å². The molecule has 1 aromatic carbocycles. The van der Waals surface area contributed by atoms with Crippen molar-refractivity contribution in [2.45, 2.75) is 19.3 Å². The second-order valence-electron chi connectivity index (χ2n) is 4.72. The van der Waals surface area contributed by atoms with Gasteiger partial charge in [-0.05, 0) is 43.0 Å². The van der Waals surface area contributed by atoms with Crippen molar-refractivity contribution < 1.29 is 9.47 Å². The topological polar surface area (TPSA) is 54.9 Å². The van der Waals surface area contributed by atoms with Gasteiger partial charge >= 0.3 is 0 Å². The number of aryl methyl sites for hydroxylation is 1. The van der Waals surface area contributed by atoms with E-state index in [1.54, 1.807) is 14.2 Å². The molecule has 2 rings (SSSR count). The van der Waals surface area contributed by atoms with Crippen LogP contribution >= 0.6 is 0 Å². The average molecular weight is 277 g/mol. The van der Waals surface area contributed by atoms with E-state index < -0.39 is 0 Å². The highest BCUT2D eigenvalue weighted by atomic mass is 16.5. The Morgan fingerprint density at radius 3 is 2.90 bits per heavy atom. The molecule has 110 valence electrons. The number of nitrogens with zero attached hydrogens (tertiary/aromatic N) is 1. The Morgan fingerprint density at radius 2 is 2.20 bits per heavy atom. The minimum atomic E-state index is 0.868. The molecule has 1 aromatic rings. The Kier molecular flexibility index (Phi) is 5.53. The summed E-state index contributed by atoms with van der Waals surface area (Å²) in [6, 6.07) is 5.91. The number of rotatable bonds is 6. The third-order valence-electron chi connectivity index (χ3n) is 3.30. The normalized spacial score (nSPS) is 14.2. The molecule has 1 heterocycles. The van der Waals surface area contributed by atoms with Gasteiger partial charge in [0.1, 0.15) is 11.5 Å². The van der Waals surface area contributed by atoms with E-state index in [1.165, 1.54) is 5.56 Å². The van der Waals surface area contributed by atoms with E-state index in [0.717, 1.165) is 56.4 Å². The van der Waals surface area contributed by atoms with Crippen LogP contribution in [0, 0.1) is 0 Å². The fourth-order valence-electron chi connectivity index (χ4n) is 2.21. The number of nitrogens with one attached hydrogen (secondary N) is 2. The minimum Gasteiger partial charge on any atom is -0.497 e. The van der Waals surface area contributed by atoms with Gasteiger partial charge in [0.05, 0.1) is 14.2 Å². The van der Waals surface area contributed by atoms with Crippen molar-refractivity contribution >= 4 is 5.96 Å². The second kappa shape index (κ2) is 7.62. The number of ether oxygens (including phenoxy) is 2. The molecule has 0 saturated carbocycles. The molecule has 5 heteroatoms. The highest BCUT2D eigenvalue weighted by molar-refractivity contribution is 5.80. The zero-order chi connectivity index (χ0) is 14.2. The molecule has 5 nitrogen and oxygen atoms in total. The lowest BCUT2D eigenvalue weighted by atomic mass is 10.1. The monoisotopic (exact) mass is 277 g/mol. The molecule has 0 aliphatic carbocycles. The SMILES string of the molecule is COc1ccc(OC)c(CCCNC2=NCCCN2)c1. The lowest BCUT2D eigenvalue weighted by Gasteiger charge is -2.16. The molecule has 0 amide bonds. The molecule has 0 atom stereocenters. The Labute approximate surface area is 120 Å². The van der Waals surface area contributed by atoms with Gasteiger partial charge in [-0.15, -0.1) is 0 Å². The number of hydrogen-bond acceptors (Lipinski definition) is 5. The van der Waals surface area contributed by atoms with E-state index in [0.29, 0.717) is 0 Å². The summed E-state index contributed by atoms with van der Waals surface area (Å²) in [6.45, 7) is 2.82. The number of benzene rings is 1. The van der Waals surface area contributed by atoms with Crippen molar-refractivity contribution in [1.29, 1.82) is 0 Å². The Balaban J connectivity index is 1.82. The van der Waals surface area contributed by atoms with E-state index in [-0.39, 0.29) is 0 Å². The van der Waals surface area contributed by atoms with Crippen molar-refractivity contribution in [3.05, 3.63) is 23.8 Å². The number of aliphatic imine (C=N–C) groups is 1. The van der Waals surface area contributed by atoms with Crippen molar-refractivity contribution in [3.63, 3.8) is 0 Å². The standard InChI is InChI=1S/C15H23N3O2/c1-19-13-6-7-14(20-2)12(11-13)5-3-8-16-15-17-9-4-10-18-15/h6-7,11H,3-5,8-10H2,1-2H3,(H2,16,17,18). The largest absolute Gasteiger partial charge is 0.497 e. The van der Waals surface area contributed by atoms with Crippen molar-refractivity contribution in [2.75, 3.05) is 33.9 Å². The third kappa shape index (κ3) is 4.05. The summed E-state index contributed by atoms with van der Waals surface area (Å²) in [4.78, 5) is 4.38. The van der Waals surface area contributed by atoms with Crippen LogP contribution in [0.5, 0.6) is 11.5 Å². The van der Waals surface area contributed by atoms with E-state index in [1.807, 2.05) is 18.2 Å². The van der Waals surface area contributed by atoms with Crippen LogP contribution in [0.2, 0.25) is 0 Å². The number of hydrogen-bond donors (Lipinski definition) is 2. The van der Waals surface area contributed by atoms with Crippen LogP contribution in [-0.2, 0) is 6.42 Å². The molecule has 0 saturated heterocycles. The van der Waals surface area contributed by atoms with E-state index in [4.69, 9.17) is 9.47 Å². The fraction of sp³-hybridized carbons (Fsp3) is 0.533. The maximum atomic E-state index is 5.38. The van der Waals surface area contributed by atoms with Gasteiger partial charge in [0, 0.05) is 19.6 Å². The number of guanidine groups is 1. The molecule has 0 radical (unpaired) electrons. The van der Waals surface area contributed by atoms with Gasteiger partial charge in [0.25, 0.3) is 0 Å². The second-order valence-corrected chi connectivity index (χ2v) is 4.72. The fourth-order valence-corrected chi connectivity index (χ4v) is 2.21. The summed E-state index contributed by atoms with van der Waals surface area (Å²) in [7, 11) is 3.38. The molecule has 0 fully saturated rings. The molecular formula is C15H23N3O2. The van der Waals surface area contributed by atoms with E-state index in [9.17, 15) is 0 Å². The summed E-state index contributed by atoms with van der Waals surface area (Å²) in [5.41, 5.74) is 1.17. The highest BCUT2D eigenvalue weighted by Crippen LogP contribution is 2.24. The summed E-state index contributed by atoms with van der Waals surface area (Å²) in [5.74, 6) is 2.71.